The molecule has 0 bridgehead atoms. The maximum atomic E-state index is 13.5. The molecular formula is C10H9FN2O2. The van der Waals surface area contributed by atoms with Gasteiger partial charge in [0, 0.05) is 18.6 Å². The number of hydrogen-bond acceptors (Lipinski definition) is 2. The van der Waals surface area contributed by atoms with Crippen molar-refractivity contribution in [3.05, 3.63) is 29.7 Å². The van der Waals surface area contributed by atoms with Gasteiger partial charge >= 0.3 is 5.97 Å². The van der Waals surface area contributed by atoms with Crippen LogP contribution in [-0.2, 0) is 7.05 Å². The molecule has 15 heavy (non-hydrogen) atoms. The molecule has 0 saturated heterocycles. The summed E-state index contributed by atoms with van der Waals surface area (Å²) < 4.78 is 15.2. The van der Waals surface area contributed by atoms with Crippen molar-refractivity contribution in [2.24, 2.45) is 7.05 Å². The minimum Gasteiger partial charge on any atom is -0.478 e. The fourth-order valence-corrected chi connectivity index (χ4v) is 1.57. The Balaban J connectivity index is 2.91. The number of aromatic carboxylic acids is 1. The molecule has 78 valence electrons. The van der Waals surface area contributed by atoms with Gasteiger partial charge in [0.05, 0.1) is 16.8 Å². The number of benzene rings is 1. The van der Waals surface area contributed by atoms with Crippen molar-refractivity contribution in [2.45, 2.75) is 0 Å². The molecule has 0 fully saturated rings. The van der Waals surface area contributed by atoms with Crippen molar-refractivity contribution in [3.63, 3.8) is 0 Å². The first-order chi connectivity index (χ1) is 7.02. The van der Waals surface area contributed by atoms with Crippen molar-refractivity contribution in [1.29, 1.82) is 0 Å². The fourth-order valence-electron chi connectivity index (χ4n) is 1.57. The normalized spacial score (nSPS) is 10.8. The predicted molar refractivity (Wildman–Crippen MR) is 54.2 cm³/mol. The lowest BCUT2D eigenvalue weighted by Gasteiger charge is -2.04. The third-order valence-corrected chi connectivity index (χ3v) is 2.40. The molecule has 0 aliphatic carbocycles. The number of carboxylic acids is 1. The molecule has 0 unspecified atom stereocenters. The monoisotopic (exact) mass is 208 g/mol. The number of aryl methyl sites for hydroxylation is 1. The molecule has 0 spiro atoms. The SMILES string of the molecule is Cn1ccc2c(N)c(F)c(C(=O)O)cc21. The van der Waals surface area contributed by atoms with E-state index in [9.17, 15) is 9.18 Å². The summed E-state index contributed by atoms with van der Waals surface area (Å²) in [6.45, 7) is 0. The number of anilines is 1. The van der Waals surface area contributed by atoms with Crippen molar-refractivity contribution in [3.8, 4) is 0 Å². The number of hydrogen-bond donors (Lipinski definition) is 2. The van der Waals surface area contributed by atoms with Crippen LogP contribution in [0.15, 0.2) is 18.3 Å². The molecule has 0 atom stereocenters. The van der Waals surface area contributed by atoms with Gasteiger partial charge in [0.25, 0.3) is 0 Å². The van der Waals surface area contributed by atoms with Gasteiger partial charge < -0.3 is 15.4 Å². The Morgan fingerprint density at radius 3 is 2.87 bits per heavy atom. The van der Waals surface area contributed by atoms with Gasteiger partial charge in [-0.05, 0) is 12.1 Å². The number of nitrogen functional groups attached to an aromatic ring is 1. The summed E-state index contributed by atoms with van der Waals surface area (Å²) in [5, 5.41) is 9.30. The highest BCUT2D eigenvalue weighted by atomic mass is 19.1. The number of fused-ring (bicyclic) bond motifs is 1. The Bertz CT molecular complexity index is 560. The number of aromatic nitrogens is 1. The molecule has 1 heterocycles. The van der Waals surface area contributed by atoms with Gasteiger partial charge in [-0.2, -0.15) is 0 Å². The Morgan fingerprint density at radius 2 is 2.27 bits per heavy atom. The van der Waals surface area contributed by atoms with Gasteiger partial charge in [0.2, 0.25) is 0 Å². The van der Waals surface area contributed by atoms with Crippen LogP contribution in [0.3, 0.4) is 0 Å². The lowest BCUT2D eigenvalue weighted by Crippen LogP contribution is -2.04. The first kappa shape index (κ1) is 9.51. The highest BCUT2D eigenvalue weighted by Gasteiger charge is 2.17. The van der Waals surface area contributed by atoms with Crippen LogP contribution < -0.4 is 5.73 Å². The van der Waals surface area contributed by atoms with Gasteiger partial charge in [0.15, 0.2) is 5.82 Å². The topological polar surface area (TPSA) is 68.2 Å². The standard InChI is InChI=1S/C10H9FN2O2/c1-13-3-2-5-7(13)4-6(10(14)15)8(11)9(5)12/h2-4H,12H2,1H3,(H,14,15). The number of nitrogens with two attached hydrogens (primary N) is 1. The number of halogens is 1. The zero-order chi connectivity index (χ0) is 11.2. The van der Waals surface area contributed by atoms with Crippen LogP contribution in [0.5, 0.6) is 0 Å². The maximum Gasteiger partial charge on any atom is 0.338 e. The smallest absolute Gasteiger partial charge is 0.338 e. The summed E-state index contributed by atoms with van der Waals surface area (Å²) in [4.78, 5) is 10.7. The highest BCUT2D eigenvalue weighted by Crippen LogP contribution is 2.27. The van der Waals surface area contributed by atoms with Gasteiger partial charge in [0.1, 0.15) is 0 Å². The summed E-state index contributed by atoms with van der Waals surface area (Å²) in [5.41, 5.74) is 5.60. The van der Waals surface area contributed by atoms with E-state index in [0.29, 0.717) is 10.9 Å². The molecule has 1 aromatic heterocycles. The summed E-state index contributed by atoms with van der Waals surface area (Å²) in [6.07, 6.45) is 1.70. The van der Waals surface area contributed by atoms with E-state index >= 15 is 0 Å². The molecule has 0 aliphatic heterocycles. The zero-order valence-electron chi connectivity index (χ0n) is 7.99. The minimum atomic E-state index is -1.32. The Morgan fingerprint density at radius 1 is 1.60 bits per heavy atom. The first-order valence-corrected chi connectivity index (χ1v) is 4.28. The Hall–Kier alpha value is -2.04. The van der Waals surface area contributed by atoms with Crippen molar-refractivity contribution in [2.75, 3.05) is 5.73 Å². The minimum absolute atomic E-state index is 0.120. The molecule has 2 aromatic rings. The van der Waals surface area contributed by atoms with E-state index in [1.54, 1.807) is 23.9 Å². The van der Waals surface area contributed by atoms with Crippen molar-refractivity contribution >= 4 is 22.6 Å². The lowest BCUT2D eigenvalue weighted by molar-refractivity contribution is 0.0692. The van der Waals surface area contributed by atoms with Crippen LogP contribution in [0.2, 0.25) is 0 Å². The van der Waals surface area contributed by atoms with Crippen LogP contribution in [-0.4, -0.2) is 15.6 Å². The number of carboxylic acid groups (broad SMARTS) is 1. The maximum absolute atomic E-state index is 13.5. The number of nitrogens with zero attached hydrogens (tertiary/aromatic N) is 1. The third-order valence-electron chi connectivity index (χ3n) is 2.40. The molecule has 4 nitrogen and oxygen atoms in total. The molecule has 5 heteroatoms. The average molecular weight is 208 g/mol. The van der Waals surface area contributed by atoms with Crippen LogP contribution in [0.1, 0.15) is 10.4 Å². The molecular weight excluding hydrogens is 199 g/mol. The summed E-state index contributed by atoms with van der Waals surface area (Å²) in [6, 6.07) is 2.93. The summed E-state index contributed by atoms with van der Waals surface area (Å²) in [5.74, 6) is -2.19. The van der Waals surface area contributed by atoms with E-state index in [2.05, 4.69) is 0 Å². The van der Waals surface area contributed by atoms with Crippen molar-refractivity contribution < 1.29 is 14.3 Å². The van der Waals surface area contributed by atoms with Crippen LogP contribution >= 0.6 is 0 Å². The van der Waals surface area contributed by atoms with E-state index in [1.807, 2.05) is 0 Å². The second-order valence-electron chi connectivity index (χ2n) is 3.32. The second kappa shape index (κ2) is 2.98. The molecule has 0 amide bonds. The third kappa shape index (κ3) is 1.24. The van der Waals surface area contributed by atoms with Crippen LogP contribution in [0, 0.1) is 5.82 Å². The molecule has 0 aliphatic rings. The van der Waals surface area contributed by atoms with E-state index in [4.69, 9.17) is 10.8 Å². The number of rotatable bonds is 1. The average Bonchev–Trinajstić information content (AvgIpc) is 2.53. The van der Waals surface area contributed by atoms with Gasteiger partial charge in [-0.3, -0.25) is 0 Å². The predicted octanol–water partition coefficient (Wildman–Crippen LogP) is 1.60. The molecule has 1 aromatic carbocycles. The van der Waals surface area contributed by atoms with E-state index in [1.165, 1.54) is 6.07 Å². The van der Waals surface area contributed by atoms with E-state index in [0.717, 1.165) is 0 Å². The first-order valence-electron chi connectivity index (χ1n) is 4.28. The van der Waals surface area contributed by atoms with Gasteiger partial charge in [-0.1, -0.05) is 0 Å². The highest BCUT2D eigenvalue weighted by molar-refractivity contribution is 5.99. The number of carbonyl (C=O) groups is 1. The molecule has 2 rings (SSSR count). The molecule has 3 N–H and O–H groups in total. The Kier molecular flexibility index (Phi) is 1.89. The summed E-state index contributed by atoms with van der Waals surface area (Å²) in [7, 11) is 1.74. The van der Waals surface area contributed by atoms with E-state index in [-0.39, 0.29) is 5.69 Å². The molecule has 0 saturated carbocycles. The quantitative estimate of drug-likeness (QED) is 0.699. The van der Waals surface area contributed by atoms with Crippen molar-refractivity contribution in [1.82, 2.24) is 4.57 Å². The largest absolute Gasteiger partial charge is 0.478 e. The summed E-state index contributed by atoms with van der Waals surface area (Å²) >= 11 is 0. The van der Waals surface area contributed by atoms with E-state index < -0.39 is 17.3 Å². The van der Waals surface area contributed by atoms with Crippen LogP contribution in [0.4, 0.5) is 10.1 Å². The molecule has 0 radical (unpaired) electrons. The Labute approximate surface area is 84.7 Å². The second-order valence-corrected chi connectivity index (χ2v) is 3.32. The van der Waals surface area contributed by atoms with Crippen LogP contribution in [0.25, 0.3) is 10.9 Å². The van der Waals surface area contributed by atoms with Gasteiger partial charge in [-0.15, -0.1) is 0 Å². The zero-order valence-corrected chi connectivity index (χ0v) is 7.99. The fraction of sp³-hybridized carbons (Fsp3) is 0.100. The van der Waals surface area contributed by atoms with Gasteiger partial charge in [-0.25, -0.2) is 9.18 Å². The lowest BCUT2D eigenvalue weighted by atomic mass is 10.1.